The van der Waals surface area contributed by atoms with Crippen LogP contribution in [0.1, 0.15) is 26.7 Å². The first kappa shape index (κ1) is 15.6. The van der Waals surface area contributed by atoms with Crippen LogP contribution in [0.5, 0.6) is 0 Å². The quantitative estimate of drug-likeness (QED) is 0.396. The molecular formula is C10H20O4. The maximum atomic E-state index is 10.3. The lowest BCUT2D eigenvalue weighted by Gasteiger charge is -1.97. The van der Waals surface area contributed by atoms with Crippen molar-refractivity contribution in [1.29, 1.82) is 0 Å². The van der Waals surface area contributed by atoms with E-state index in [1.165, 1.54) is 13.0 Å². The smallest absolute Gasteiger partial charge is 0.330 e. The van der Waals surface area contributed by atoms with Crippen LogP contribution in [-0.4, -0.2) is 35.5 Å². The van der Waals surface area contributed by atoms with Crippen LogP contribution in [-0.2, 0) is 9.53 Å². The molecule has 0 aromatic rings. The second-order valence-electron chi connectivity index (χ2n) is 2.76. The molecule has 0 saturated carbocycles. The third-order valence-corrected chi connectivity index (χ3v) is 1.17. The normalized spacial score (nSPS) is 10.9. The number of esters is 1. The molecule has 0 aliphatic rings. The van der Waals surface area contributed by atoms with E-state index in [9.17, 15) is 4.79 Å². The predicted octanol–water partition coefficient (Wildman–Crippen LogP) is 0.875. The van der Waals surface area contributed by atoms with E-state index in [-0.39, 0.29) is 12.6 Å². The van der Waals surface area contributed by atoms with Gasteiger partial charge in [-0.05, 0) is 13.3 Å². The Hall–Kier alpha value is -0.870. The van der Waals surface area contributed by atoms with Gasteiger partial charge in [-0.2, -0.15) is 0 Å². The van der Waals surface area contributed by atoms with Crippen LogP contribution in [0, 0.1) is 0 Å². The van der Waals surface area contributed by atoms with Crippen LogP contribution in [0.4, 0.5) is 0 Å². The zero-order chi connectivity index (χ0) is 11.4. The van der Waals surface area contributed by atoms with E-state index in [1.807, 2.05) is 6.92 Å². The monoisotopic (exact) mass is 204 g/mol. The molecule has 1 unspecified atom stereocenters. The average molecular weight is 204 g/mol. The number of rotatable bonds is 5. The lowest BCUT2D eigenvalue weighted by atomic mass is 10.4. The molecule has 0 amide bonds. The molecule has 0 rings (SSSR count). The minimum absolute atomic E-state index is 0.139. The summed E-state index contributed by atoms with van der Waals surface area (Å²) in [7, 11) is 0. The van der Waals surface area contributed by atoms with Gasteiger partial charge in [-0.25, -0.2) is 4.79 Å². The molecule has 0 heterocycles. The lowest BCUT2D eigenvalue weighted by Crippen LogP contribution is -2.03. The molecule has 0 radical (unpaired) electrons. The number of carbonyl (C=O) groups is 1. The molecule has 4 heteroatoms. The van der Waals surface area contributed by atoms with Crippen molar-refractivity contribution in [3.8, 4) is 0 Å². The van der Waals surface area contributed by atoms with Gasteiger partial charge in [0.05, 0.1) is 19.3 Å². The summed E-state index contributed by atoms with van der Waals surface area (Å²) in [6.07, 6.45) is 2.59. The molecule has 14 heavy (non-hydrogen) atoms. The van der Waals surface area contributed by atoms with Gasteiger partial charge in [0.15, 0.2) is 0 Å². The van der Waals surface area contributed by atoms with Crippen molar-refractivity contribution in [3.05, 3.63) is 12.7 Å². The molecular weight excluding hydrogens is 184 g/mol. The van der Waals surface area contributed by atoms with E-state index in [2.05, 4.69) is 11.3 Å². The number of aliphatic hydroxyl groups is 2. The van der Waals surface area contributed by atoms with Gasteiger partial charge in [-0.3, -0.25) is 0 Å². The van der Waals surface area contributed by atoms with Crippen LogP contribution in [0.15, 0.2) is 12.7 Å². The molecule has 0 aromatic heterocycles. The standard InChI is InChI=1S/C7H12O2.C3H8O2/c1-3-5-6-9-7(8)4-2;1-3(5)2-4/h4H,2-3,5-6H2,1H3;3-5H,2H2,1H3. The van der Waals surface area contributed by atoms with Crippen LogP contribution < -0.4 is 0 Å². The first-order chi connectivity index (χ1) is 6.58. The molecule has 0 aliphatic carbocycles. The summed E-state index contributed by atoms with van der Waals surface area (Å²) in [4.78, 5) is 10.3. The first-order valence-corrected chi connectivity index (χ1v) is 4.66. The summed E-state index contributed by atoms with van der Waals surface area (Å²) < 4.78 is 4.67. The van der Waals surface area contributed by atoms with Crippen LogP contribution >= 0.6 is 0 Å². The molecule has 0 bridgehead atoms. The Kier molecular flexibility index (Phi) is 13.5. The number of hydrogen-bond donors (Lipinski definition) is 2. The second kappa shape index (κ2) is 12.1. The Morgan fingerprint density at radius 2 is 2.14 bits per heavy atom. The van der Waals surface area contributed by atoms with Crippen molar-refractivity contribution >= 4 is 5.97 Å². The summed E-state index contributed by atoms with van der Waals surface area (Å²) in [5.41, 5.74) is 0. The molecule has 0 spiro atoms. The van der Waals surface area contributed by atoms with Gasteiger partial charge >= 0.3 is 5.97 Å². The molecule has 2 N–H and O–H groups in total. The SMILES string of the molecule is C=CC(=O)OCCCC.CC(O)CO. The highest BCUT2D eigenvalue weighted by atomic mass is 16.5. The van der Waals surface area contributed by atoms with Crippen molar-refractivity contribution in [3.63, 3.8) is 0 Å². The third kappa shape index (κ3) is 17.3. The zero-order valence-corrected chi connectivity index (χ0v) is 8.90. The van der Waals surface area contributed by atoms with Crippen molar-refractivity contribution in [1.82, 2.24) is 0 Å². The summed E-state index contributed by atoms with van der Waals surface area (Å²) in [6.45, 7) is 7.21. The average Bonchev–Trinajstić information content (AvgIpc) is 2.19. The van der Waals surface area contributed by atoms with Gasteiger partial charge in [0.25, 0.3) is 0 Å². The minimum Gasteiger partial charge on any atom is -0.463 e. The maximum Gasteiger partial charge on any atom is 0.330 e. The first-order valence-electron chi connectivity index (χ1n) is 4.66. The van der Waals surface area contributed by atoms with Gasteiger partial charge in [0, 0.05) is 6.08 Å². The number of hydrogen-bond acceptors (Lipinski definition) is 4. The van der Waals surface area contributed by atoms with E-state index in [4.69, 9.17) is 10.2 Å². The number of ether oxygens (including phenoxy) is 1. The van der Waals surface area contributed by atoms with E-state index in [0.717, 1.165) is 12.8 Å². The van der Waals surface area contributed by atoms with Gasteiger partial charge in [-0.15, -0.1) is 0 Å². The summed E-state index contributed by atoms with van der Waals surface area (Å²) in [6, 6.07) is 0. The highest BCUT2D eigenvalue weighted by Crippen LogP contribution is 1.88. The number of carbonyl (C=O) groups excluding carboxylic acids is 1. The van der Waals surface area contributed by atoms with Crippen LogP contribution in [0.2, 0.25) is 0 Å². The van der Waals surface area contributed by atoms with E-state index in [0.29, 0.717) is 6.61 Å². The van der Waals surface area contributed by atoms with Crippen molar-refractivity contribution in [2.75, 3.05) is 13.2 Å². The Balaban J connectivity index is 0. The maximum absolute atomic E-state index is 10.3. The van der Waals surface area contributed by atoms with Gasteiger partial charge in [0.2, 0.25) is 0 Å². The van der Waals surface area contributed by atoms with Crippen molar-refractivity contribution < 1.29 is 19.7 Å². The molecule has 4 nitrogen and oxygen atoms in total. The third-order valence-electron chi connectivity index (χ3n) is 1.17. The van der Waals surface area contributed by atoms with Gasteiger partial charge in [-0.1, -0.05) is 19.9 Å². The van der Waals surface area contributed by atoms with Crippen molar-refractivity contribution in [2.24, 2.45) is 0 Å². The van der Waals surface area contributed by atoms with E-state index >= 15 is 0 Å². The molecule has 1 atom stereocenters. The van der Waals surface area contributed by atoms with Crippen molar-refractivity contribution in [2.45, 2.75) is 32.8 Å². The fraction of sp³-hybridized carbons (Fsp3) is 0.700. The van der Waals surface area contributed by atoms with Crippen LogP contribution in [0.25, 0.3) is 0 Å². The Morgan fingerprint density at radius 3 is 2.43 bits per heavy atom. The highest BCUT2D eigenvalue weighted by molar-refractivity contribution is 5.81. The van der Waals surface area contributed by atoms with Gasteiger partial charge in [0.1, 0.15) is 0 Å². The summed E-state index contributed by atoms with van der Waals surface area (Å²) in [5.74, 6) is -0.330. The minimum atomic E-state index is -0.560. The summed E-state index contributed by atoms with van der Waals surface area (Å²) >= 11 is 0. The number of unbranched alkanes of at least 4 members (excludes halogenated alkanes) is 1. The Labute approximate surface area is 85.2 Å². The highest BCUT2D eigenvalue weighted by Gasteiger charge is 1.91. The van der Waals surface area contributed by atoms with Gasteiger partial charge < -0.3 is 14.9 Å². The fourth-order valence-corrected chi connectivity index (χ4v) is 0.376. The Bertz CT molecular complexity index is 143. The predicted molar refractivity (Wildman–Crippen MR) is 54.8 cm³/mol. The molecule has 0 fully saturated rings. The number of aliphatic hydroxyl groups excluding tert-OH is 2. The molecule has 0 saturated heterocycles. The van der Waals surface area contributed by atoms with E-state index < -0.39 is 6.10 Å². The molecule has 84 valence electrons. The largest absolute Gasteiger partial charge is 0.463 e. The topological polar surface area (TPSA) is 66.8 Å². The second-order valence-corrected chi connectivity index (χ2v) is 2.76. The van der Waals surface area contributed by atoms with E-state index in [1.54, 1.807) is 0 Å². The lowest BCUT2D eigenvalue weighted by molar-refractivity contribution is -0.137. The zero-order valence-electron chi connectivity index (χ0n) is 8.90. The molecule has 0 aromatic carbocycles. The van der Waals surface area contributed by atoms with Crippen LogP contribution in [0.3, 0.4) is 0 Å². The summed E-state index contributed by atoms with van der Waals surface area (Å²) in [5, 5.41) is 16.0. The molecule has 0 aliphatic heterocycles. The Morgan fingerprint density at radius 1 is 1.64 bits per heavy atom. The fourth-order valence-electron chi connectivity index (χ4n) is 0.376.